The molecule has 1 amide bonds. The summed E-state index contributed by atoms with van der Waals surface area (Å²) in [6, 6.07) is 7.00. The number of halogens is 1. The Kier molecular flexibility index (Phi) is 6.52. The Bertz CT molecular complexity index is 722. The van der Waals surface area contributed by atoms with E-state index < -0.39 is 0 Å². The number of hydrogen-bond donors (Lipinski definition) is 2. The average Bonchev–Trinajstić information content (AvgIpc) is 2.54. The Morgan fingerprint density at radius 1 is 1.25 bits per heavy atom. The van der Waals surface area contributed by atoms with Gasteiger partial charge in [0.1, 0.15) is 17.3 Å². The van der Waals surface area contributed by atoms with Crippen LogP contribution in [0.2, 0.25) is 5.02 Å². The highest BCUT2D eigenvalue weighted by molar-refractivity contribution is 6.31. The molecule has 0 radical (unpaired) electrons. The molecule has 0 saturated heterocycles. The van der Waals surface area contributed by atoms with Crippen LogP contribution < -0.4 is 10.6 Å². The predicted octanol–water partition coefficient (Wildman–Crippen LogP) is 3.45. The minimum absolute atomic E-state index is 0.299. The first-order valence-electron chi connectivity index (χ1n) is 7.65. The first-order chi connectivity index (χ1) is 11.5. The summed E-state index contributed by atoms with van der Waals surface area (Å²) >= 11 is 6.08. The number of benzene rings is 1. The van der Waals surface area contributed by atoms with Crippen molar-refractivity contribution in [3.8, 4) is 0 Å². The lowest BCUT2D eigenvalue weighted by Gasteiger charge is -2.09. The molecule has 0 unspecified atom stereocenters. The maximum atomic E-state index is 12.4. The van der Waals surface area contributed by atoms with Gasteiger partial charge in [0.2, 0.25) is 0 Å². The van der Waals surface area contributed by atoms with Crippen molar-refractivity contribution in [2.75, 3.05) is 30.9 Å². The Balaban J connectivity index is 2.07. The minimum atomic E-state index is -0.305. The van der Waals surface area contributed by atoms with Gasteiger partial charge < -0.3 is 15.4 Å². The SMILES string of the molecule is COCCCNc1cc(C(=O)Nc2ccc(C)c(Cl)c2)nc(C)n1. The fourth-order valence-electron chi connectivity index (χ4n) is 2.07. The van der Waals surface area contributed by atoms with Gasteiger partial charge in [-0.2, -0.15) is 0 Å². The second kappa shape index (κ2) is 8.61. The van der Waals surface area contributed by atoms with E-state index in [1.54, 1.807) is 32.2 Å². The van der Waals surface area contributed by atoms with Crippen molar-refractivity contribution in [3.05, 3.63) is 46.4 Å². The van der Waals surface area contributed by atoms with Gasteiger partial charge in [-0.15, -0.1) is 0 Å². The quantitative estimate of drug-likeness (QED) is 0.749. The largest absolute Gasteiger partial charge is 0.385 e. The molecule has 0 spiro atoms. The molecule has 0 atom stereocenters. The fraction of sp³-hybridized carbons (Fsp3) is 0.353. The van der Waals surface area contributed by atoms with Crippen molar-refractivity contribution in [3.63, 3.8) is 0 Å². The molecular formula is C17H21ClN4O2. The molecule has 0 aliphatic rings. The third kappa shape index (κ3) is 5.18. The fourth-order valence-corrected chi connectivity index (χ4v) is 2.25. The van der Waals surface area contributed by atoms with Crippen LogP contribution in [0.4, 0.5) is 11.5 Å². The molecule has 2 rings (SSSR count). The van der Waals surface area contributed by atoms with Crippen LogP contribution in [0.5, 0.6) is 0 Å². The predicted molar refractivity (Wildman–Crippen MR) is 95.9 cm³/mol. The van der Waals surface area contributed by atoms with Crippen molar-refractivity contribution < 1.29 is 9.53 Å². The van der Waals surface area contributed by atoms with E-state index in [4.69, 9.17) is 16.3 Å². The van der Waals surface area contributed by atoms with E-state index in [0.29, 0.717) is 41.2 Å². The number of nitrogens with one attached hydrogen (secondary N) is 2. The number of carbonyl (C=O) groups excluding carboxylic acids is 1. The molecular weight excluding hydrogens is 328 g/mol. The molecule has 6 nitrogen and oxygen atoms in total. The zero-order chi connectivity index (χ0) is 17.5. The van der Waals surface area contributed by atoms with Crippen molar-refractivity contribution in [1.29, 1.82) is 0 Å². The molecule has 7 heteroatoms. The first kappa shape index (κ1) is 18.2. The molecule has 0 saturated carbocycles. The number of methoxy groups -OCH3 is 1. The summed E-state index contributed by atoms with van der Waals surface area (Å²) in [6.07, 6.45) is 0.850. The summed E-state index contributed by atoms with van der Waals surface area (Å²) in [5.41, 5.74) is 1.88. The van der Waals surface area contributed by atoms with Gasteiger partial charge in [-0.05, 0) is 38.0 Å². The van der Waals surface area contributed by atoms with E-state index in [1.165, 1.54) is 0 Å². The van der Waals surface area contributed by atoms with Crippen molar-refractivity contribution >= 4 is 29.0 Å². The normalized spacial score (nSPS) is 10.5. The molecule has 1 heterocycles. The second-order valence-corrected chi connectivity index (χ2v) is 5.78. The van der Waals surface area contributed by atoms with Gasteiger partial charge >= 0.3 is 0 Å². The van der Waals surface area contributed by atoms with Gasteiger partial charge in [0.15, 0.2) is 0 Å². The molecule has 2 N–H and O–H groups in total. The highest BCUT2D eigenvalue weighted by Gasteiger charge is 2.11. The van der Waals surface area contributed by atoms with Gasteiger partial charge in [0, 0.05) is 37.0 Å². The zero-order valence-corrected chi connectivity index (χ0v) is 14.8. The highest BCUT2D eigenvalue weighted by Crippen LogP contribution is 2.20. The molecule has 0 bridgehead atoms. The standard InChI is InChI=1S/C17H21ClN4O2/c1-11-5-6-13(9-14(11)18)22-17(23)15-10-16(21-12(2)20-15)19-7-4-8-24-3/h5-6,9-10H,4,7-8H2,1-3H3,(H,22,23)(H,19,20,21). The lowest BCUT2D eigenvalue weighted by Crippen LogP contribution is -2.16. The van der Waals surface area contributed by atoms with Gasteiger partial charge in [-0.3, -0.25) is 4.79 Å². The summed E-state index contributed by atoms with van der Waals surface area (Å²) in [4.78, 5) is 20.9. The third-order valence-corrected chi connectivity index (χ3v) is 3.74. The van der Waals surface area contributed by atoms with Crippen LogP contribution in [0.1, 0.15) is 28.3 Å². The summed E-state index contributed by atoms with van der Waals surface area (Å²) in [5.74, 6) is 0.838. The maximum absolute atomic E-state index is 12.4. The first-order valence-corrected chi connectivity index (χ1v) is 8.03. The van der Waals surface area contributed by atoms with Gasteiger partial charge in [-0.25, -0.2) is 9.97 Å². The number of hydrogen-bond acceptors (Lipinski definition) is 5. The van der Waals surface area contributed by atoms with Crippen molar-refractivity contribution in [2.45, 2.75) is 20.3 Å². The van der Waals surface area contributed by atoms with Crippen LogP contribution in [-0.2, 0) is 4.74 Å². The summed E-state index contributed by atoms with van der Waals surface area (Å²) in [6.45, 7) is 5.03. The van der Waals surface area contributed by atoms with Crippen LogP contribution in [0.25, 0.3) is 0 Å². The van der Waals surface area contributed by atoms with Gasteiger partial charge in [0.25, 0.3) is 5.91 Å². The lowest BCUT2D eigenvalue weighted by molar-refractivity contribution is 0.102. The molecule has 1 aromatic carbocycles. The molecule has 0 fully saturated rings. The topological polar surface area (TPSA) is 76.1 Å². The van der Waals surface area contributed by atoms with Crippen molar-refractivity contribution in [2.24, 2.45) is 0 Å². The zero-order valence-electron chi connectivity index (χ0n) is 14.0. The van der Waals surface area contributed by atoms with Crippen LogP contribution in [0.15, 0.2) is 24.3 Å². The molecule has 24 heavy (non-hydrogen) atoms. The van der Waals surface area contributed by atoms with E-state index >= 15 is 0 Å². The summed E-state index contributed by atoms with van der Waals surface area (Å²) in [5, 5.41) is 6.56. The summed E-state index contributed by atoms with van der Waals surface area (Å²) < 4.78 is 5.00. The van der Waals surface area contributed by atoms with E-state index in [0.717, 1.165) is 12.0 Å². The van der Waals surface area contributed by atoms with Crippen LogP contribution in [-0.4, -0.2) is 36.1 Å². The Morgan fingerprint density at radius 2 is 2.04 bits per heavy atom. The van der Waals surface area contributed by atoms with Gasteiger partial charge in [0.05, 0.1) is 0 Å². The minimum Gasteiger partial charge on any atom is -0.385 e. The number of amides is 1. The molecule has 0 aliphatic heterocycles. The van der Waals surface area contributed by atoms with Crippen LogP contribution in [0.3, 0.4) is 0 Å². The number of anilines is 2. The van der Waals surface area contributed by atoms with Crippen molar-refractivity contribution in [1.82, 2.24) is 9.97 Å². The summed E-state index contributed by atoms with van der Waals surface area (Å²) in [7, 11) is 1.66. The van der Waals surface area contributed by atoms with Crippen LogP contribution >= 0.6 is 11.6 Å². The molecule has 1 aromatic heterocycles. The number of nitrogens with zero attached hydrogens (tertiary/aromatic N) is 2. The van der Waals surface area contributed by atoms with E-state index in [2.05, 4.69) is 20.6 Å². The number of aromatic nitrogens is 2. The Morgan fingerprint density at radius 3 is 2.75 bits per heavy atom. The number of ether oxygens (including phenoxy) is 1. The second-order valence-electron chi connectivity index (χ2n) is 5.38. The van der Waals surface area contributed by atoms with E-state index in [1.807, 2.05) is 13.0 Å². The Hall–Kier alpha value is -2.18. The van der Waals surface area contributed by atoms with Gasteiger partial charge in [-0.1, -0.05) is 17.7 Å². The molecule has 0 aliphatic carbocycles. The monoisotopic (exact) mass is 348 g/mol. The van der Waals surface area contributed by atoms with Crippen LogP contribution in [0, 0.1) is 13.8 Å². The number of carbonyl (C=O) groups is 1. The third-order valence-electron chi connectivity index (χ3n) is 3.33. The lowest BCUT2D eigenvalue weighted by atomic mass is 10.2. The smallest absolute Gasteiger partial charge is 0.274 e. The molecule has 128 valence electrons. The van der Waals surface area contributed by atoms with E-state index in [-0.39, 0.29) is 5.91 Å². The average molecular weight is 349 g/mol. The number of rotatable bonds is 7. The van der Waals surface area contributed by atoms with E-state index in [9.17, 15) is 4.79 Å². The highest BCUT2D eigenvalue weighted by atomic mass is 35.5. The number of aryl methyl sites for hydroxylation is 2. The maximum Gasteiger partial charge on any atom is 0.274 e. The molecule has 2 aromatic rings. The Labute approximate surface area is 146 Å².